The number of methoxy groups -OCH3 is 1. The summed E-state index contributed by atoms with van der Waals surface area (Å²) < 4.78 is 32.6. The maximum Gasteiger partial charge on any atom is 0.261 e. The average Bonchev–Trinajstić information content (AvgIpc) is 2.77. The molecule has 3 aromatic carbocycles. The third kappa shape index (κ3) is 6.33. The standard InChI is InChI=1S/C24H26N2O4S/c1-18-5-15-23(16-6-18)31(28,29)26-21-11-9-20(10-12-21)24(27)25-17-3-4-19-7-13-22(30-2)14-8-19/h5-16,26H,3-4,17H2,1-2H3,(H,25,27). The second kappa shape index (κ2) is 10.1. The quantitative estimate of drug-likeness (QED) is 0.491. The van der Waals surface area contributed by atoms with Crippen molar-refractivity contribution in [3.63, 3.8) is 0 Å². The summed E-state index contributed by atoms with van der Waals surface area (Å²) in [5.74, 6) is 0.629. The number of nitrogens with one attached hydrogen (secondary N) is 2. The van der Waals surface area contributed by atoms with Gasteiger partial charge in [-0.15, -0.1) is 0 Å². The molecule has 7 heteroatoms. The van der Waals surface area contributed by atoms with Crippen LogP contribution >= 0.6 is 0 Å². The second-order valence-corrected chi connectivity index (χ2v) is 8.89. The third-order valence-corrected chi connectivity index (χ3v) is 6.21. The molecule has 1 amide bonds. The van der Waals surface area contributed by atoms with Crippen LogP contribution in [0.4, 0.5) is 5.69 Å². The molecule has 0 spiro atoms. The largest absolute Gasteiger partial charge is 0.497 e. The fourth-order valence-electron chi connectivity index (χ4n) is 3.01. The van der Waals surface area contributed by atoms with Crippen LogP contribution in [0, 0.1) is 6.92 Å². The van der Waals surface area contributed by atoms with Crippen LogP contribution in [0.5, 0.6) is 5.75 Å². The fraction of sp³-hybridized carbons (Fsp3) is 0.208. The van der Waals surface area contributed by atoms with Gasteiger partial charge in [-0.3, -0.25) is 9.52 Å². The van der Waals surface area contributed by atoms with E-state index in [-0.39, 0.29) is 10.8 Å². The van der Waals surface area contributed by atoms with Crippen molar-refractivity contribution in [3.8, 4) is 5.75 Å². The number of hydrogen-bond donors (Lipinski definition) is 2. The molecule has 0 heterocycles. The molecular formula is C24H26N2O4S. The van der Waals surface area contributed by atoms with Gasteiger partial charge in [0.05, 0.1) is 12.0 Å². The summed E-state index contributed by atoms with van der Waals surface area (Å²) >= 11 is 0. The fourth-order valence-corrected chi connectivity index (χ4v) is 4.07. The highest BCUT2D eigenvalue weighted by Gasteiger charge is 2.14. The van der Waals surface area contributed by atoms with E-state index in [1.807, 2.05) is 31.2 Å². The van der Waals surface area contributed by atoms with Crippen LogP contribution in [-0.2, 0) is 16.4 Å². The molecule has 0 aliphatic heterocycles. The summed E-state index contributed by atoms with van der Waals surface area (Å²) in [6.07, 6.45) is 1.66. The lowest BCUT2D eigenvalue weighted by atomic mass is 10.1. The zero-order chi connectivity index (χ0) is 22.3. The number of benzene rings is 3. The molecule has 162 valence electrons. The molecule has 0 saturated heterocycles. The summed E-state index contributed by atoms with van der Waals surface area (Å²) in [5, 5.41) is 2.89. The zero-order valence-electron chi connectivity index (χ0n) is 17.6. The first-order valence-electron chi connectivity index (χ1n) is 9.98. The molecule has 0 atom stereocenters. The van der Waals surface area contributed by atoms with Crippen molar-refractivity contribution < 1.29 is 17.9 Å². The molecule has 0 unspecified atom stereocenters. The van der Waals surface area contributed by atoms with Gasteiger partial charge in [-0.05, 0) is 73.9 Å². The number of aryl methyl sites for hydroxylation is 2. The maximum atomic E-state index is 12.5. The summed E-state index contributed by atoms with van der Waals surface area (Å²) in [6.45, 7) is 2.44. The normalized spacial score (nSPS) is 11.0. The summed E-state index contributed by atoms with van der Waals surface area (Å²) in [5.41, 5.74) is 3.04. The van der Waals surface area contributed by atoms with Crippen molar-refractivity contribution in [2.24, 2.45) is 0 Å². The van der Waals surface area contributed by atoms with Gasteiger partial charge in [0.2, 0.25) is 0 Å². The van der Waals surface area contributed by atoms with Gasteiger partial charge in [-0.25, -0.2) is 8.42 Å². The zero-order valence-corrected chi connectivity index (χ0v) is 18.4. The van der Waals surface area contributed by atoms with Crippen molar-refractivity contribution >= 4 is 21.6 Å². The van der Waals surface area contributed by atoms with Crippen molar-refractivity contribution in [1.29, 1.82) is 0 Å². The minimum Gasteiger partial charge on any atom is -0.497 e. The van der Waals surface area contributed by atoms with Gasteiger partial charge in [0.1, 0.15) is 5.75 Å². The van der Waals surface area contributed by atoms with Crippen molar-refractivity contribution in [2.75, 3.05) is 18.4 Å². The number of anilines is 1. The number of carbonyl (C=O) groups excluding carboxylic acids is 1. The van der Waals surface area contributed by atoms with E-state index in [0.717, 1.165) is 24.2 Å². The van der Waals surface area contributed by atoms with Crippen LogP contribution in [0.2, 0.25) is 0 Å². The van der Waals surface area contributed by atoms with Gasteiger partial charge in [0.15, 0.2) is 0 Å². The highest BCUT2D eigenvalue weighted by Crippen LogP contribution is 2.17. The minimum atomic E-state index is -3.67. The molecule has 0 aliphatic carbocycles. The molecule has 0 fully saturated rings. The highest BCUT2D eigenvalue weighted by atomic mass is 32.2. The van der Waals surface area contributed by atoms with Gasteiger partial charge in [0, 0.05) is 17.8 Å². The first kappa shape index (κ1) is 22.4. The van der Waals surface area contributed by atoms with Crippen LogP contribution < -0.4 is 14.8 Å². The summed E-state index contributed by atoms with van der Waals surface area (Å²) in [7, 11) is -2.04. The Labute approximate surface area is 183 Å². The number of hydrogen-bond acceptors (Lipinski definition) is 4. The Bertz CT molecular complexity index is 1110. The molecule has 0 aliphatic rings. The van der Waals surface area contributed by atoms with E-state index in [0.29, 0.717) is 17.8 Å². The summed E-state index contributed by atoms with van der Waals surface area (Å²) in [6, 6.07) is 20.8. The Balaban J connectivity index is 1.49. The maximum absolute atomic E-state index is 12.5. The van der Waals surface area contributed by atoms with E-state index >= 15 is 0 Å². The van der Waals surface area contributed by atoms with E-state index in [2.05, 4.69) is 10.0 Å². The lowest BCUT2D eigenvalue weighted by Crippen LogP contribution is -2.24. The molecule has 3 rings (SSSR count). The van der Waals surface area contributed by atoms with E-state index in [9.17, 15) is 13.2 Å². The minimum absolute atomic E-state index is 0.191. The predicted octanol–water partition coefficient (Wildman–Crippen LogP) is 4.17. The monoisotopic (exact) mass is 438 g/mol. The van der Waals surface area contributed by atoms with Crippen molar-refractivity contribution in [3.05, 3.63) is 89.5 Å². The van der Waals surface area contributed by atoms with Crippen molar-refractivity contribution in [1.82, 2.24) is 5.32 Å². The smallest absolute Gasteiger partial charge is 0.261 e. The Morgan fingerprint density at radius 3 is 2.16 bits per heavy atom. The van der Waals surface area contributed by atoms with Gasteiger partial charge < -0.3 is 10.1 Å². The molecule has 3 aromatic rings. The van der Waals surface area contributed by atoms with Gasteiger partial charge in [-0.1, -0.05) is 29.8 Å². The number of rotatable bonds is 9. The molecule has 0 bridgehead atoms. The first-order valence-corrected chi connectivity index (χ1v) is 11.5. The Kier molecular flexibility index (Phi) is 7.31. The van der Waals surface area contributed by atoms with Crippen LogP contribution in [0.15, 0.2) is 77.7 Å². The SMILES string of the molecule is COc1ccc(CCCNC(=O)c2ccc(NS(=O)(=O)c3ccc(C)cc3)cc2)cc1. The number of amides is 1. The Morgan fingerprint density at radius 1 is 0.903 bits per heavy atom. The van der Waals surface area contributed by atoms with E-state index < -0.39 is 10.0 Å². The van der Waals surface area contributed by atoms with E-state index in [1.165, 1.54) is 5.56 Å². The topological polar surface area (TPSA) is 84.5 Å². The third-order valence-electron chi connectivity index (χ3n) is 4.82. The van der Waals surface area contributed by atoms with Gasteiger partial charge >= 0.3 is 0 Å². The lowest BCUT2D eigenvalue weighted by Gasteiger charge is -2.10. The van der Waals surface area contributed by atoms with Gasteiger partial charge in [-0.2, -0.15) is 0 Å². The molecule has 31 heavy (non-hydrogen) atoms. The highest BCUT2D eigenvalue weighted by molar-refractivity contribution is 7.92. The Hall–Kier alpha value is -3.32. The van der Waals surface area contributed by atoms with Crippen LogP contribution in [0.25, 0.3) is 0 Å². The molecule has 2 N–H and O–H groups in total. The van der Waals surface area contributed by atoms with Crippen molar-refractivity contribution in [2.45, 2.75) is 24.7 Å². The number of sulfonamides is 1. The van der Waals surface area contributed by atoms with Crippen LogP contribution in [0.1, 0.15) is 27.9 Å². The van der Waals surface area contributed by atoms with E-state index in [4.69, 9.17) is 4.74 Å². The predicted molar refractivity (Wildman–Crippen MR) is 122 cm³/mol. The molecule has 0 radical (unpaired) electrons. The number of ether oxygens (including phenoxy) is 1. The molecule has 6 nitrogen and oxygen atoms in total. The van der Waals surface area contributed by atoms with Crippen LogP contribution in [0.3, 0.4) is 0 Å². The molecule has 0 saturated carbocycles. The van der Waals surface area contributed by atoms with Gasteiger partial charge in [0.25, 0.3) is 15.9 Å². The molecule has 0 aromatic heterocycles. The lowest BCUT2D eigenvalue weighted by molar-refractivity contribution is 0.0953. The second-order valence-electron chi connectivity index (χ2n) is 7.20. The average molecular weight is 439 g/mol. The molecular weight excluding hydrogens is 412 g/mol. The number of carbonyl (C=O) groups is 1. The summed E-state index contributed by atoms with van der Waals surface area (Å²) in [4.78, 5) is 12.5. The van der Waals surface area contributed by atoms with Crippen LogP contribution in [-0.4, -0.2) is 28.0 Å². The first-order chi connectivity index (χ1) is 14.9. The Morgan fingerprint density at radius 2 is 1.55 bits per heavy atom. The van der Waals surface area contributed by atoms with E-state index in [1.54, 1.807) is 55.6 Å².